The van der Waals surface area contributed by atoms with Gasteiger partial charge in [-0.3, -0.25) is 4.90 Å². The number of hydrogen-bond donors (Lipinski definition) is 0. The number of pyridine rings is 1. The summed E-state index contributed by atoms with van der Waals surface area (Å²) in [5.41, 5.74) is 1.02. The molecular formula is C14H20ClN3O2. The van der Waals surface area contributed by atoms with Gasteiger partial charge in [0, 0.05) is 25.7 Å². The third-order valence-electron chi connectivity index (χ3n) is 4.10. The zero-order chi connectivity index (χ0) is 14.1. The van der Waals surface area contributed by atoms with E-state index < -0.39 is 0 Å². The first-order valence-corrected chi connectivity index (χ1v) is 7.36. The largest absolute Gasteiger partial charge is 0.479 e. The minimum Gasteiger partial charge on any atom is -0.479 e. The number of anilines is 1. The van der Waals surface area contributed by atoms with Gasteiger partial charge in [0.2, 0.25) is 5.88 Å². The van der Waals surface area contributed by atoms with Gasteiger partial charge in [0.05, 0.1) is 26.4 Å². The van der Waals surface area contributed by atoms with Gasteiger partial charge in [-0.1, -0.05) is 11.6 Å². The van der Waals surface area contributed by atoms with Gasteiger partial charge in [-0.2, -0.15) is 4.98 Å². The zero-order valence-corrected chi connectivity index (χ0v) is 12.6. The van der Waals surface area contributed by atoms with Crippen LogP contribution in [0, 0.1) is 0 Å². The zero-order valence-electron chi connectivity index (χ0n) is 11.9. The maximum absolute atomic E-state index is 5.93. The molecule has 2 aliphatic heterocycles. The molecule has 110 valence electrons. The van der Waals surface area contributed by atoms with Gasteiger partial charge in [-0.25, -0.2) is 0 Å². The number of hydrogen-bond acceptors (Lipinski definition) is 5. The summed E-state index contributed by atoms with van der Waals surface area (Å²) in [6, 6.07) is 4.83. The number of piperazine rings is 1. The van der Waals surface area contributed by atoms with Crippen molar-refractivity contribution in [2.45, 2.75) is 19.0 Å². The Bertz CT molecular complexity index is 481. The van der Waals surface area contributed by atoms with E-state index in [0.29, 0.717) is 23.1 Å². The average Bonchev–Trinajstić information content (AvgIpc) is 2.37. The van der Waals surface area contributed by atoms with Crippen LogP contribution in [0.25, 0.3) is 0 Å². The second kappa shape index (κ2) is 5.76. The molecule has 0 amide bonds. The van der Waals surface area contributed by atoms with Gasteiger partial charge in [0.25, 0.3) is 0 Å². The third kappa shape index (κ3) is 2.57. The highest BCUT2D eigenvalue weighted by molar-refractivity contribution is 6.29. The molecule has 20 heavy (non-hydrogen) atoms. The van der Waals surface area contributed by atoms with Crippen LogP contribution in [-0.2, 0) is 4.74 Å². The lowest BCUT2D eigenvalue weighted by molar-refractivity contribution is -0.0691. The third-order valence-corrected chi connectivity index (χ3v) is 4.32. The quantitative estimate of drug-likeness (QED) is 0.793. The van der Waals surface area contributed by atoms with E-state index in [-0.39, 0.29) is 0 Å². The Morgan fingerprint density at radius 3 is 2.75 bits per heavy atom. The summed E-state index contributed by atoms with van der Waals surface area (Å²) in [6.07, 6.45) is 0. The molecule has 1 aromatic heterocycles. The summed E-state index contributed by atoms with van der Waals surface area (Å²) >= 11 is 5.93. The summed E-state index contributed by atoms with van der Waals surface area (Å²) in [5, 5.41) is 0.462. The van der Waals surface area contributed by atoms with Crippen LogP contribution in [-0.4, -0.2) is 61.9 Å². The van der Waals surface area contributed by atoms with Gasteiger partial charge in [0.1, 0.15) is 10.8 Å². The maximum Gasteiger partial charge on any atom is 0.238 e. The van der Waals surface area contributed by atoms with Crippen molar-refractivity contribution in [3.63, 3.8) is 0 Å². The standard InChI is InChI=1S/C14H20ClN3O2/c1-10-7-17(11-8-20-9-11)5-6-18(10)12-3-4-13(15)16-14(12)19-2/h3-4,10-11H,5-9H2,1-2H3/t10-/m1/s1. The van der Waals surface area contributed by atoms with Gasteiger partial charge >= 0.3 is 0 Å². The Kier molecular flexibility index (Phi) is 4.01. The topological polar surface area (TPSA) is 37.8 Å². The first-order valence-electron chi connectivity index (χ1n) is 6.98. The summed E-state index contributed by atoms with van der Waals surface area (Å²) in [7, 11) is 1.63. The highest BCUT2D eigenvalue weighted by Crippen LogP contribution is 2.31. The predicted molar refractivity (Wildman–Crippen MR) is 78.8 cm³/mol. The fourth-order valence-electron chi connectivity index (χ4n) is 2.89. The number of aromatic nitrogens is 1. The van der Waals surface area contributed by atoms with Crippen molar-refractivity contribution in [1.82, 2.24) is 9.88 Å². The Morgan fingerprint density at radius 1 is 1.35 bits per heavy atom. The Labute approximate surface area is 124 Å². The average molecular weight is 298 g/mol. The summed E-state index contributed by atoms with van der Waals surface area (Å²) in [5.74, 6) is 0.602. The monoisotopic (exact) mass is 297 g/mol. The van der Waals surface area contributed by atoms with E-state index >= 15 is 0 Å². The minimum atomic E-state index is 0.418. The molecule has 0 saturated carbocycles. The molecule has 0 aromatic carbocycles. The van der Waals surface area contributed by atoms with Crippen molar-refractivity contribution >= 4 is 17.3 Å². The van der Waals surface area contributed by atoms with Gasteiger partial charge in [-0.05, 0) is 19.1 Å². The first-order chi connectivity index (χ1) is 9.69. The molecule has 0 bridgehead atoms. The smallest absolute Gasteiger partial charge is 0.238 e. The number of methoxy groups -OCH3 is 1. The van der Waals surface area contributed by atoms with Crippen molar-refractivity contribution < 1.29 is 9.47 Å². The summed E-state index contributed by atoms with van der Waals surface area (Å²) in [4.78, 5) is 9.11. The van der Waals surface area contributed by atoms with E-state index in [9.17, 15) is 0 Å². The van der Waals surface area contributed by atoms with Crippen molar-refractivity contribution in [3.8, 4) is 5.88 Å². The normalized spacial score (nSPS) is 24.6. The number of ether oxygens (including phenoxy) is 2. The van der Waals surface area contributed by atoms with Crippen molar-refractivity contribution in [3.05, 3.63) is 17.3 Å². The number of rotatable bonds is 3. The first kappa shape index (κ1) is 13.9. The molecule has 6 heteroatoms. The molecule has 2 aliphatic rings. The molecule has 0 unspecified atom stereocenters. The van der Waals surface area contributed by atoms with Crippen LogP contribution in [0.1, 0.15) is 6.92 Å². The summed E-state index contributed by atoms with van der Waals surface area (Å²) in [6.45, 7) is 7.04. The van der Waals surface area contributed by atoms with E-state index in [2.05, 4.69) is 21.7 Å². The molecular weight excluding hydrogens is 278 g/mol. The molecule has 2 saturated heterocycles. The van der Waals surface area contributed by atoms with Gasteiger partial charge < -0.3 is 14.4 Å². The lowest BCUT2D eigenvalue weighted by Gasteiger charge is -2.46. The molecule has 2 fully saturated rings. The molecule has 3 rings (SSSR count). The molecule has 0 spiro atoms. The lowest BCUT2D eigenvalue weighted by Crippen LogP contribution is -2.59. The second-order valence-corrected chi connectivity index (χ2v) is 5.78. The van der Waals surface area contributed by atoms with Crippen molar-refractivity contribution in [2.75, 3.05) is 44.9 Å². The molecule has 5 nitrogen and oxygen atoms in total. The molecule has 0 aliphatic carbocycles. The van der Waals surface area contributed by atoms with Crippen molar-refractivity contribution in [2.24, 2.45) is 0 Å². The van der Waals surface area contributed by atoms with Crippen LogP contribution in [0.15, 0.2) is 12.1 Å². The lowest BCUT2D eigenvalue weighted by atomic mass is 10.1. The van der Waals surface area contributed by atoms with Crippen LogP contribution in [0.2, 0.25) is 5.15 Å². The van der Waals surface area contributed by atoms with E-state index in [1.54, 1.807) is 7.11 Å². The van der Waals surface area contributed by atoms with Crippen LogP contribution in [0.5, 0.6) is 5.88 Å². The highest BCUT2D eigenvalue weighted by Gasteiger charge is 2.33. The molecule has 0 radical (unpaired) electrons. The molecule has 1 aromatic rings. The fourth-order valence-corrected chi connectivity index (χ4v) is 3.03. The Morgan fingerprint density at radius 2 is 2.15 bits per heavy atom. The van der Waals surface area contributed by atoms with E-state index in [1.165, 1.54) is 0 Å². The fraction of sp³-hybridized carbons (Fsp3) is 0.643. The molecule has 3 heterocycles. The van der Waals surface area contributed by atoms with E-state index in [1.807, 2.05) is 12.1 Å². The van der Waals surface area contributed by atoms with Crippen LogP contribution in [0.3, 0.4) is 0 Å². The van der Waals surface area contributed by atoms with Crippen LogP contribution < -0.4 is 9.64 Å². The van der Waals surface area contributed by atoms with E-state index in [0.717, 1.165) is 38.5 Å². The summed E-state index contributed by atoms with van der Waals surface area (Å²) < 4.78 is 10.6. The second-order valence-electron chi connectivity index (χ2n) is 5.39. The molecule has 1 atom stereocenters. The highest BCUT2D eigenvalue weighted by atomic mass is 35.5. The van der Waals surface area contributed by atoms with Crippen molar-refractivity contribution in [1.29, 1.82) is 0 Å². The maximum atomic E-state index is 5.93. The minimum absolute atomic E-state index is 0.418. The number of halogens is 1. The number of nitrogens with zero attached hydrogens (tertiary/aromatic N) is 3. The van der Waals surface area contributed by atoms with E-state index in [4.69, 9.17) is 21.1 Å². The predicted octanol–water partition coefficient (Wildman–Crippen LogP) is 1.65. The van der Waals surface area contributed by atoms with Crippen LogP contribution >= 0.6 is 11.6 Å². The Balaban J connectivity index is 1.74. The van der Waals surface area contributed by atoms with Gasteiger partial charge in [-0.15, -0.1) is 0 Å². The molecule has 0 N–H and O–H groups in total. The van der Waals surface area contributed by atoms with Crippen LogP contribution in [0.4, 0.5) is 5.69 Å². The Hall–Kier alpha value is -1.04. The SMILES string of the molecule is COc1nc(Cl)ccc1N1CCN(C2COC2)C[C@H]1C. The van der Waals surface area contributed by atoms with Gasteiger partial charge in [0.15, 0.2) is 0 Å².